The van der Waals surface area contributed by atoms with E-state index in [1.54, 1.807) is 44.2 Å². The van der Waals surface area contributed by atoms with E-state index < -0.39 is 27.4 Å². The van der Waals surface area contributed by atoms with Crippen molar-refractivity contribution in [3.05, 3.63) is 35.9 Å². The van der Waals surface area contributed by atoms with E-state index >= 15 is 0 Å². The Kier molecular flexibility index (Phi) is 5.47. The van der Waals surface area contributed by atoms with Gasteiger partial charge in [-0.3, -0.25) is 4.79 Å². The van der Waals surface area contributed by atoms with Gasteiger partial charge in [-0.15, -0.1) is 0 Å². The number of carboxylic acids is 1. The van der Waals surface area contributed by atoms with Crippen LogP contribution in [-0.2, 0) is 14.8 Å². The van der Waals surface area contributed by atoms with Crippen LogP contribution < -0.4 is 4.72 Å². The van der Waals surface area contributed by atoms with Crippen LogP contribution in [0, 0.1) is 16.7 Å². The van der Waals surface area contributed by atoms with Crippen molar-refractivity contribution in [2.24, 2.45) is 5.41 Å². The van der Waals surface area contributed by atoms with Gasteiger partial charge in [-0.25, -0.2) is 8.42 Å². The molecule has 0 spiro atoms. The van der Waals surface area contributed by atoms with E-state index in [2.05, 4.69) is 4.72 Å². The van der Waals surface area contributed by atoms with Crippen LogP contribution in [0.25, 0.3) is 0 Å². The lowest BCUT2D eigenvalue weighted by Gasteiger charge is -2.18. The maximum Gasteiger partial charge on any atom is 0.326 e. The van der Waals surface area contributed by atoms with Crippen molar-refractivity contribution in [1.82, 2.24) is 4.72 Å². The lowest BCUT2D eigenvalue weighted by molar-refractivity contribution is -0.139. The van der Waals surface area contributed by atoms with Gasteiger partial charge in [-0.2, -0.15) is 9.98 Å². The minimum Gasteiger partial charge on any atom is -0.480 e. The average Bonchev–Trinajstić information content (AvgIpc) is 2.44. The average molecular weight is 310 g/mol. The van der Waals surface area contributed by atoms with Gasteiger partial charge in [0.2, 0.25) is 10.0 Å². The quantitative estimate of drug-likeness (QED) is 0.796. The summed E-state index contributed by atoms with van der Waals surface area (Å²) >= 11 is 0. The molecule has 7 heteroatoms. The molecule has 6 nitrogen and oxygen atoms in total. The third-order valence-corrected chi connectivity index (χ3v) is 4.31. The van der Waals surface area contributed by atoms with Crippen LogP contribution in [0.5, 0.6) is 0 Å². The van der Waals surface area contributed by atoms with Crippen molar-refractivity contribution >= 4 is 16.0 Å². The number of hydrogen-bond acceptors (Lipinski definition) is 4. The van der Waals surface area contributed by atoms with E-state index in [4.69, 9.17) is 5.26 Å². The standard InChI is InChI=1S/C14H18N2O4S/c1-14(2,10-15)8-9-21(19,20)16-12(13(17)18)11-6-4-3-5-7-11/h3-7,12,16H,8-9H2,1-2H3,(H,17,18)/t12-/m1/s1. The molecule has 2 N–H and O–H groups in total. The van der Waals surface area contributed by atoms with Crippen molar-refractivity contribution in [2.75, 3.05) is 5.75 Å². The van der Waals surface area contributed by atoms with E-state index in [1.165, 1.54) is 0 Å². The molecule has 0 aliphatic carbocycles. The number of carboxylic acid groups (broad SMARTS) is 1. The lowest BCUT2D eigenvalue weighted by Crippen LogP contribution is -2.36. The van der Waals surface area contributed by atoms with Gasteiger partial charge < -0.3 is 5.11 Å². The highest BCUT2D eigenvalue weighted by atomic mass is 32.2. The third kappa shape index (κ3) is 5.53. The van der Waals surface area contributed by atoms with Gasteiger partial charge in [0.1, 0.15) is 6.04 Å². The summed E-state index contributed by atoms with van der Waals surface area (Å²) in [5.74, 6) is -1.58. The first-order chi connectivity index (χ1) is 9.67. The van der Waals surface area contributed by atoms with Crippen molar-refractivity contribution in [3.8, 4) is 6.07 Å². The van der Waals surface area contributed by atoms with Gasteiger partial charge in [0.05, 0.1) is 17.2 Å². The van der Waals surface area contributed by atoms with Crippen LogP contribution in [0.3, 0.4) is 0 Å². The number of nitrogens with one attached hydrogen (secondary N) is 1. The van der Waals surface area contributed by atoms with Crippen LogP contribution >= 0.6 is 0 Å². The maximum atomic E-state index is 12.0. The number of carbonyl (C=O) groups is 1. The molecule has 1 atom stereocenters. The summed E-state index contributed by atoms with van der Waals surface area (Å²) in [4.78, 5) is 11.3. The number of benzene rings is 1. The maximum absolute atomic E-state index is 12.0. The summed E-state index contributed by atoms with van der Waals surface area (Å²) in [5, 5.41) is 18.1. The molecule has 0 heterocycles. The molecule has 0 amide bonds. The molecule has 0 fully saturated rings. The van der Waals surface area contributed by atoms with Crippen molar-refractivity contribution < 1.29 is 18.3 Å². The van der Waals surface area contributed by atoms with Gasteiger partial charge in [-0.05, 0) is 25.8 Å². The Balaban J connectivity index is 2.85. The lowest BCUT2D eigenvalue weighted by atomic mass is 9.93. The molecule has 0 unspecified atom stereocenters. The molecule has 0 radical (unpaired) electrons. The van der Waals surface area contributed by atoms with Gasteiger partial charge in [0.25, 0.3) is 0 Å². The summed E-state index contributed by atoms with van der Waals surface area (Å²) in [5.41, 5.74) is -0.423. The number of nitriles is 1. The molecule has 0 saturated heterocycles. The van der Waals surface area contributed by atoms with Gasteiger partial charge in [0.15, 0.2) is 0 Å². The molecule has 21 heavy (non-hydrogen) atoms. The first-order valence-electron chi connectivity index (χ1n) is 6.36. The molecule has 0 aliphatic rings. The zero-order chi connectivity index (χ0) is 16.1. The zero-order valence-electron chi connectivity index (χ0n) is 11.9. The molecule has 1 rings (SSSR count). The highest BCUT2D eigenvalue weighted by Crippen LogP contribution is 2.20. The molecule has 114 valence electrons. The molecule has 1 aromatic rings. The summed E-state index contributed by atoms with van der Waals surface area (Å²) in [6, 6.07) is 8.75. The molecule has 0 saturated carbocycles. The fraction of sp³-hybridized carbons (Fsp3) is 0.429. The van der Waals surface area contributed by atoms with Crippen LogP contribution in [0.1, 0.15) is 31.9 Å². The Hall–Kier alpha value is -1.91. The van der Waals surface area contributed by atoms with Crippen LogP contribution in [0.15, 0.2) is 30.3 Å². The van der Waals surface area contributed by atoms with E-state index in [0.29, 0.717) is 5.56 Å². The smallest absolute Gasteiger partial charge is 0.326 e. The first kappa shape index (κ1) is 17.1. The predicted molar refractivity (Wildman–Crippen MR) is 77.8 cm³/mol. The Morgan fingerprint density at radius 3 is 2.43 bits per heavy atom. The first-order valence-corrected chi connectivity index (χ1v) is 8.01. The molecule has 0 aliphatic heterocycles. The third-order valence-electron chi connectivity index (χ3n) is 2.98. The fourth-order valence-corrected chi connectivity index (χ4v) is 3.08. The highest BCUT2D eigenvalue weighted by molar-refractivity contribution is 7.89. The van der Waals surface area contributed by atoms with E-state index in [0.717, 1.165) is 0 Å². The van der Waals surface area contributed by atoms with E-state index in [-0.39, 0.29) is 12.2 Å². The Labute approximate surface area is 124 Å². The molecular weight excluding hydrogens is 292 g/mol. The summed E-state index contributed by atoms with van der Waals surface area (Å²) in [6.45, 7) is 3.27. The monoisotopic (exact) mass is 310 g/mol. The Morgan fingerprint density at radius 2 is 1.95 bits per heavy atom. The Morgan fingerprint density at radius 1 is 1.38 bits per heavy atom. The van der Waals surface area contributed by atoms with Gasteiger partial charge >= 0.3 is 5.97 Å². The largest absolute Gasteiger partial charge is 0.480 e. The highest BCUT2D eigenvalue weighted by Gasteiger charge is 2.27. The Bertz CT molecular complexity index is 633. The van der Waals surface area contributed by atoms with Gasteiger partial charge in [0, 0.05) is 0 Å². The minimum absolute atomic E-state index is 0.125. The van der Waals surface area contributed by atoms with Gasteiger partial charge in [-0.1, -0.05) is 30.3 Å². The van der Waals surface area contributed by atoms with Crippen molar-refractivity contribution in [3.63, 3.8) is 0 Å². The number of hydrogen-bond donors (Lipinski definition) is 2. The topological polar surface area (TPSA) is 107 Å². The molecular formula is C14H18N2O4S. The van der Waals surface area contributed by atoms with Crippen LogP contribution in [0.2, 0.25) is 0 Å². The minimum atomic E-state index is -3.80. The number of rotatable bonds is 7. The van der Waals surface area contributed by atoms with Crippen LogP contribution in [-0.4, -0.2) is 25.2 Å². The normalized spacial score (nSPS) is 13.4. The fourth-order valence-electron chi connectivity index (χ4n) is 1.59. The second kappa shape index (κ2) is 6.70. The second-order valence-corrected chi connectivity index (χ2v) is 7.24. The predicted octanol–water partition coefficient (Wildman–Crippen LogP) is 1.67. The van der Waals surface area contributed by atoms with E-state index in [9.17, 15) is 18.3 Å². The second-order valence-electron chi connectivity index (χ2n) is 5.36. The number of sulfonamides is 1. The zero-order valence-corrected chi connectivity index (χ0v) is 12.7. The molecule has 1 aromatic carbocycles. The summed E-state index contributed by atoms with van der Waals surface area (Å²) < 4.78 is 26.2. The summed E-state index contributed by atoms with van der Waals surface area (Å²) in [6.07, 6.45) is 0.125. The van der Waals surface area contributed by atoms with Crippen LogP contribution in [0.4, 0.5) is 0 Å². The molecule has 0 bridgehead atoms. The van der Waals surface area contributed by atoms with Crippen molar-refractivity contribution in [2.45, 2.75) is 26.3 Å². The number of nitrogens with zero attached hydrogens (tertiary/aromatic N) is 1. The molecule has 0 aromatic heterocycles. The number of aliphatic carboxylic acids is 1. The van der Waals surface area contributed by atoms with Crippen molar-refractivity contribution in [1.29, 1.82) is 5.26 Å². The van der Waals surface area contributed by atoms with E-state index in [1.807, 2.05) is 6.07 Å². The summed E-state index contributed by atoms with van der Waals surface area (Å²) in [7, 11) is -3.80. The SMILES string of the molecule is CC(C)(C#N)CCS(=O)(=O)N[C@@H](C(=O)O)c1ccccc1.